The Morgan fingerprint density at radius 2 is 1.44 bits per heavy atom. The summed E-state index contributed by atoms with van der Waals surface area (Å²) in [4.78, 5) is 25.6. The third-order valence-electron chi connectivity index (χ3n) is 3.94. The van der Waals surface area contributed by atoms with Crippen LogP contribution in [0.15, 0.2) is 48.5 Å². The van der Waals surface area contributed by atoms with E-state index in [-0.39, 0.29) is 11.8 Å². The van der Waals surface area contributed by atoms with Gasteiger partial charge < -0.3 is 20.3 Å². The highest BCUT2D eigenvalue weighted by molar-refractivity contribution is 5.93. The van der Waals surface area contributed by atoms with Crippen LogP contribution in [0.25, 0.3) is 0 Å². The van der Waals surface area contributed by atoms with Gasteiger partial charge in [-0.15, -0.1) is 0 Å². The van der Waals surface area contributed by atoms with Gasteiger partial charge in [-0.1, -0.05) is 12.1 Å². The average molecular weight is 369 g/mol. The Bertz CT molecular complexity index is 740. The highest BCUT2D eigenvalue weighted by Gasteiger charge is 2.06. The van der Waals surface area contributed by atoms with Crippen LogP contribution in [0, 0.1) is 0 Å². The molecule has 0 aromatic heterocycles. The zero-order valence-corrected chi connectivity index (χ0v) is 16.1. The molecule has 144 valence electrons. The number of nitrogens with zero attached hydrogens (tertiary/aromatic N) is 1. The molecule has 0 fully saturated rings. The van der Waals surface area contributed by atoms with Crippen molar-refractivity contribution in [1.82, 2.24) is 4.90 Å². The van der Waals surface area contributed by atoms with Gasteiger partial charge in [0.25, 0.3) is 0 Å². The highest BCUT2D eigenvalue weighted by Crippen LogP contribution is 2.15. The van der Waals surface area contributed by atoms with E-state index in [2.05, 4.69) is 10.6 Å². The number of aryl methyl sites for hydroxylation is 1. The molecule has 2 rings (SSSR count). The molecule has 0 radical (unpaired) electrons. The summed E-state index contributed by atoms with van der Waals surface area (Å²) < 4.78 is 5.14. The minimum Gasteiger partial charge on any atom is -0.497 e. The largest absolute Gasteiger partial charge is 0.497 e. The van der Waals surface area contributed by atoms with Crippen LogP contribution in [-0.2, 0) is 16.0 Å². The van der Waals surface area contributed by atoms with Crippen LogP contribution in [0.5, 0.6) is 5.75 Å². The van der Waals surface area contributed by atoms with Gasteiger partial charge in [0.2, 0.25) is 11.8 Å². The smallest absolute Gasteiger partial charge is 0.238 e. The van der Waals surface area contributed by atoms with Crippen LogP contribution >= 0.6 is 0 Å². The molecule has 6 heteroatoms. The van der Waals surface area contributed by atoms with Crippen LogP contribution in [0.4, 0.5) is 11.4 Å². The molecule has 2 amide bonds. The van der Waals surface area contributed by atoms with E-state index in [0.29, 0.717) is 18.7 Å². The number of hydrogen-bond donors (Lipinski definition) is 2. The Hall–Kier alpha value is -2.86. The zero-order chi connectivity index (χ0) is 19.6. The van der Waals surface area contributed by atoms with E-state index in [1.807, 2.05) is 38.4 Å². The normalized spacial score (nSPS) is 10.5. The van der Waals surface area contributed by atoms with Crippen molar-refractivity contribution in [3.05, 3.63) is 54.1 Å². The molecular weight excluding hydrogens is 342 g/mol. The molecule has 2 aromatic carbocycles. The van der Waals surface area contributed by atoms with Crippen LogP contribution in [-0.4, -0.2) is 44.5 Å². The minimum absolute atomic E-state index is 0.0205. The number of methoxy groups -OCH3 is 1. The minimum atomic E-state index is -0.0738. The molecule has 2 aromatic rings. The fourth-order valence-corrected chi connectivity index (χ4v) is 2.59. The van der Waals surface area contributed by atoms with Gasteiger partial charge in [-0.05, 0) is 68.9 Å². The van der Waals surface area contributed by atoms with Gasteiger partial charge in [0, 0.05) is 17.8 Å². The highest BCUT2D eigenvalue weighted by atomic mass is 16.5. The van der Waals surface area contributed by atoms with E-state index in [1.165, 1.54) is 5.56 Å². The number of carbonyl (C=O) groups excluding carboxylic acids is 2. The summed E-state index contributed by atoms with van der Waals surface area (Å²) in [6, 6.07) is 15.0. The van der Waals surface area contributed by atoms with Crippen molar-refractivity contribution in [3.63, 3.8) is 0 Å². The molecule has 27 heavy (non-hydrogen) atoms. The van der Waals surface area contributed by atoms with E-state index in [4.69, 9.17) is 4.74 Å². The second-order valence-corrected chi connectivity index (χ2v) is 6.61. The third-order valence-corrected chi connectivity index (χ3v) is 3.94. The van der Waals surface area contributed by atoms with Crippen LogP contribution in [0.2, 0.25) is 0 Å². The third kappa shape index (κ3) is 7.50. The standard InChI is InChI=1S/C21H27N3O3/c1-24(2)15-21(26)23-18-11-9-17(10-12-18)22-20(25)6-4-5-16-7-13-19(27-3)14-8-16/h7-14H,4-6,15H2,1-3H3,(H,22,25)(H,23,26). The topological polar surface area (TPSA) is 70.7 Å². The van der Waals surface area contributed by atoms with Gasteiger partial charge in [0.05, 0.1) is 13.7 Å². The van der Waals surface area contributed by atoms with E-state index in [1.54, 1.807) is 36.3 Å². The summed E-state index contributed by atoms with van der Waals surface area (Å²) in [5.41, 5.74) is 2.61. The monoisotopic (exact) mass is 369 g/mol. The van der Waals surface area contributed by atoms with Crippen LogP contribution in [0.3, 0.4) is 0 Å². The van der Waals surface area contributed by atoms with Crippen molar-refractivity contribution in [2.75, 3.05) is 38.4 Å². The summed E-state index contributed by atoms with van der Waals surface area (Å²) in [5.74, 6) is 0.737. The van der Waals surface area contributed by atoms with E-state index in [9.17, 15) is 9.59 Å². The average Bonchev–Trinajstić information content (AvgIpc) is 2.63. The van der Waals surface area contributed by atoms with Crippen molar-refractivity contribution in [1.29, 1.82) is 0 Å². The van der Waals surface area contributed by atoms with Crippen molar-refractivity contribution < 1.29 is 14.3 Å². The lowest BCUT2D eigenvalue weighted by Gasteiger charge is -2.11. The second-order valence-electron chi connectivity index (χ2n) is 6.61. The fourth-order valence-electron chi connectivity index (χ4n) is 2.59. The van der Waals surface area contributed by atoms with E-state index < -0.39 is 0 Å². The molecule has 0 atom stereocenters. The van der Waals surface area contributed by atoms with Crippen molar-refractivity contribution in [2.45, 2.75) is 19.3 Å². The summed E-state index contributed by atoms with van der Waals surface area (Å²) in [6.07, 6.45) is 2.07. The van der Waals surface area contributed by atoms with Crippen LogP contribution < -0.4 is 15.4 Å². The first-order chi connectivity index (χ1) is 13.0. The molecule has 2 N–H and O–H groups in total. The van der Waals surface area contributed by atoms with Gasteiger partial charge in [-0.25, -0.2) is 0 Å². The van der Waals surface area contributed by atoms with Gasteiger partial charge >= 0.3 is 0 Å². The first-order valence-corrected chi connectivity index (χ1v) is 8.93. The maximum atomic E-state index is 12.1. The molecule has 0 aliphatic rings. The Labute approximate surface area is 160 Å². The van der Waals surface area contributed by atoms with Crippen molar-refractivity contribution in [2.24, 2.45) is 0 Å². The van der Waals surface area contributed by atoms with Crippen molar-refractivity contribution in [3.8, 4) is 5.75 Å². The maximum absolute atomic E-state index is 12.1. The first-order valence-electron chi connectivity index (χ1n) is 8.93. The fraction of sp³-hybridized carbons (Fsp3) is 0.333. The summed E-state index contributed by atoms with van der Waals surface area (Å²) in [6.45, 7) is 0.326. The second kappa shape index (κ2) is 10.3. The molecule has 0 saturated carbocycles. The van der Waals surface area contributed by atoms with Crippen LogP contribution in [0.1, 0.15) is 18.4 Å². The molecule has 0 aliphatic heterocycles. The number of nitrogens with one attached hydrogen (secondary N) is 2. The number of amides is 2. The Morgan fingerprint density at radius 1 is 0.889 bits per heavy atom. The first kappa shape index (κ1) is 20.5. The Morgan fingerprint density at radius 3 is 1.96 bits per heavy atom. The number of likely N-dealkylation sites (N-methyl/N-ethyl adjacent to an activating group) is 1. The Balaban J connectivity index is 1.74. The lowest BCUT2D eigenvalue weighted by molar-refractivity contribution is -0.117. The molecule has 0 spiro atoms. The number of ether oxygens (including phenoxy) is 1. The number of carbonyl (C=O) groups is 2. The van der Waals surface area contributed by atoms with E-state index >= 15 is 0 Å². The summed E-state index contributed by atoms with van der Waals surface area (Å²) >= 11 is 0. The maximum Gasteiger partial charge on any atom is 0.238 e. The number of benzene rings is 2. The molecule has 6 nitrogen and oxygen atoms in total. The van der Waals surface area contributed by atoms with Crippen molar-refractivity contribution >= 4 is 23.2 Å². The predicted molar refractivity (Wildman–Crippen MR) is 108 cm³/mol. The molecular formula is C21H27N3O3. The molecule has 0 aliphatic carbocycles. The SMILES string of the molecule is COc1ccc(CCCC(=O)Nc2ccc(NC(=O)CN(C)C)cc2)cc1. The number of hydrogen-bond acceptors (Lipinski definition) is 4. The lowest BCUT2D eigenvalue weighted by atomic mass is 10.1. The molecule has 0 saturated heterocycles. The number of rotatable bonds is 9. The lowest BCUT2D eigenvalue weighted by Crippen LogP contribution is -2.27. The summed E-state index contributed by atoms with van der Waals surface area (Å²) in [7, 11) is 5.32. The van der Waals surface area contributed by atoms with Gasteiger partial charge in [0.1, 0.15) is 5.75 Å². The predicted octanol–water partition coefficient (Wildman–Crippen LogP) is 3.16. The zero-order valence-electron chi connectivity index (χ0n) is 16.1. The summed E-state index contributed by atoms with van der Waals surface area (Å²) in [5, 5.41) is 5.69. The van der Waals surface area contributed by atoms with Gasteiger partial charge in [-0.3, -0.25) is 9.59 Å². The molecule has 0 unspecified atom stereocenters. The molecule has 0 bridgehead atoms. The van der Waals surface area contributed by atoms with Gasteiger partial charge in [0.15, 0.2) is 0 Å². The molecule has 0 heterocycles. The quantitative estimate of drug-likeness (QED) is 0.712. The van der Waals surface area contributed by atoms with E-state index in [0.717, 1.165) is 24.3 Å². The van der Waals surface area contributed by atoms with Gasteiger partial charge in [-0.2, -0.15) is 0 Å². The Kier molecular flexibility index (Phi) is 7.82. The number of anilines is 2.